The fourth-order valence-corrected chi connectivity index (χ4v) is 6.57. The van der Waals surface area contributed by atoms with Gasteiger partial charge in [-0.15, -0.1) is 11.6 Å². The molecule has 236 valence electrons. The lowest BCUT2D eigenvalue weighted by atomic mass is 9.99. The number of H-pyrrole nitrogens is 2. The van der Waals surface area contributed by atoms with Crippen LogP contribution in [0.15, 0.2) is 24.3 Å². The minimum Gasteiger partial charge on any atom is -0.469 e. The molecule has 0 saturated carbocycles. The first-order valence-electron chi connectivity index (χ1n) is 15.4. The highest BCUT2D eigenvalue weighted by Gasteiger charge is 2.22. The molecule has 0 radical (unpaired) electrons. The number of halogens is 1. The van der Waals surface area contributed by atoms with E-state index >= 15 is 0 Å². The predicted octanol–water partition coefficient (Wildman–Crippen LogP) is 8.04. The lowest BCUT2D eigenvalue weighted by Gasteiger charge is -2.04. The Balaban J connectivity index is 1.88. The van der Waals surface area contributed by atoms with Crippen LogP contribution in [0.3, 0.4) is 0 Å². The molecule has 3 aromatic heterocycles. The monoisotopic (exact) mass is 628 g/mol. The molecule has 0 atom stereocenters. The summed E-state index contributed by atoms with van der Waals surface area (Å²) in [5.74, 6) is -0.0323. The number of ether oxygens (including phenoxy) is 2. The first-order valence-corrected chi connectivity index (χ1v) is 16.0. The summed E-state index contributed by atoms with van der Waals surface area (Å²) in [4.78, 5) is 41.8. The Morgan fingerprint density at radius 1 is 0.667 bits per heavy atom. The van der Waals surface area contributed by atoms with E-state index in [1.54, 1.807) is 0 Å². The van der Waals surface area contributed by atoms with Crippen molar-refractivity contribution in [3.8, 4) is 0 Å². The summed E-state index contributed by atoms with van der Waals surface area (Å²) in [6.07, 6.45) is 3.11. The van der Waals surface area contributed by atoms with Gasteiger partial charge in [-0.05, 0) is 122 Å². The molecule has 0 fully saturated rings. The maximum absolute atomic E-state index is 12.2. The van der Waals surface area contributed by atoms with Crippen LogP contribution in [0.4, 0.5) is 0 Å². The van der Waals surface area contributed by atoms with Crippen LogP contribution < -0.4 is 0 Å². The van der Waals surface area contributed by atoms with Crippen LogP contribution in [-0.4, -0.2) is 52.0 Å². The highest BCUT2D eigenvalue weighted by Crippen LogP contribution is 2.37. The summed E-state index contributed by atoms with van der Waals surface area (Å²) in [7, 11) is 2.83. The van der Waals surface area contributed by atoms with E-state index in [1.165, 1.54) is 19.8 Å². The third-order valence-electron chi connectivity index (χ3n) is 9.11. The van der Waals surface area contributed by atoms with E-state index in [0.717, 1.165) is 90.2 Å². The number of carbonyl (C=O) groups is 2. The highest BCUT2D eigenvalue weighted by atomic mass is 35.5. The number of allylic oxidation sites excluding steroid dienone is 4. The molecule has 45 heavy (non-hydrogen) atoms. The second kappa shape index (κ2) is 13.4. The molecule has 5 rings (SSSR count). The van der Waals surface area contributed by atoms with Crippen LogP contribution in [0.5, 0.6) is 0 Å². The van der Waals surface area contributed by atoms with E-state index in [9.17, 15) is 9.59 Å². The van der Waals surface area contributed by atoms with E-state index in [0.29, 0.717) is 25.1 Å². The zero-order valence-corrected chi connectivity index (χ0v) is 27.9. The number of alkyl halides is 1. The number of methoxy groups -OCH3 is 2. The maximum atomic E-state index is 12.2. The van der Waals surface area contributed by atoms with Crippen LogP contribution in [-0.2, 0) is 31.9 Å². The molecule has 0 amide bonds. The molecule has 5 heterocycles. The van der Waals surface area contributed by atoms with Crippen molar-refractivity contribution in [1.29, 1.82) is 0 Å². The molecular weight excluding hydrogens is 588 g/mol. The van der Waals surface area contributed by atoms with Crippen LogP contribution in [0.25, 0.3) is 44.4 Å². The van der Waals surface area contributed by atoms with Gasteiger partial charge in [-0.2, -0.15) is 0 Å². The zero-order chi connectivity index (χ0) is 32.4. The van der Waals surface area contributed by atoms with Gasteiger partial charge in [-0.1, -0.05) is 6.92 Å². The topological polar surface area (TPSA) is 110 Å². The third kappa shape index (κ3) is 6.34. The number of nitrogens with zero attached hydrogens (tertiary/aromatic N) is 2. The molecule has 8 bridgehead atoms. The summed E-state index contributed by atoms with van der Waals surface area (Å²) < 4.78 is 9.91. The molecule has 2 aliphatic rings. The summed E-state index contributed by atoms with van der Waals surface area (Å²) in [6, 6.07) is 8.35. The van der Waals surface area contributed by atoms with Gasteiger partial charge >= 0.3 is 11.9 Å². The standard InChI is InChI=1S/C36H41ClN4O4/c1-8-23-19(2)29-16-32-24(9-11-35(42)44-6)21(4)30(41-32)17-33-26(13-14-37)22(5)28(39-33)15-27-20(3)25(10-12-36(43)45-7)34(40-27)18-31(23)38-29/h15-18,38,40H,8-14H2,1-7H3. The number of nitrogens with one attached hydrogen (secondary N) is 2. The minimum absolute atomic E-state index is 0.244. The fourth-order valence-electron chi connectivity index (χ4n) is 6.38. The molecule has 0 aliphatic carbocycles. The molecule has 2 N–H and O–H groups in total. The zero-order valence-electron chi connectivity index (χ0n) is 27.2. The summed E-state index contributed by atoms with van der Waals surface area (Å²) in [5.41, 5.74) is 15.9. The Labute approximate surface area is 268 Å². The Morgan fingerprint density at radius 3 is 1.73 bits per heavy atom. The number of rotatable bonds is 9. The van der Waals surface area contributed by atoms with Crippen molar-refractivity contribution in [2.75, 3.05) is 20.1 Å². The van der Waals surface area contributed by atoms with Crippen LogP contribution in [0, 0.1) is 13.8 Å². The average molecular weight is 629 g/mol. The second-order valence-electron chi connectivity index (χ2n) is 11.6. The second-order valence-corrected chi connectivity index (χ2v) is 12.0. The number of hydrogen-bond donors (Lipinski definition) is 2. The number of esters is 2. The van der Waals surface area contributed by atoms with E-state index in [1.807, 2.05) is 6.07 Å². The van der Waals surface area contributed by atoms with Gasteiger partial charge in [0.25, 0.3) is 0 Å². The normalized spacial score (nSPS) is 13.1. The SMILES string of the molecule is CCc1c(C)c2cc3nc(cc4nc(cc5[nH]c(cc1[nH]2)c(CCC(=O)OC)c5C)C(C)=C4CCCl)C(C)=C3CCC(=O)OC. The average Bonchev–Trinajstić information content (AvgIpc) is 3.68. The quantitative estimate of drug-likeness (QED) is 0.183. The number of aryl methyl sites for hydroxylation is 4. The lowest BCUT2D eigenvalue weighted by Crippen LogP contribution is -2.02. The number of carbonyl (C=O) groups excluding carboxylic acids is 2. The third-order valence-corrected chi connectivity index (χ3v) is 9.30. The van der Waals surface area contributed by atoms with Gasteiger partial charge < -0.3 is 19.4 Å². The van der Waals surface area contributed by atoms with E-state index in [2.05, 4.69) is 62.8 Å². The Bertz CT molecular complexity index is 1910. The fraction of sp³-hybridized carbons (Fsp3) is 0.389. The lowest BCUT2D eigenvalue weighted by molar-refractivity contribution is -0.141. The van der Waals surface area contributed by atoms with Crippen molar-refractivity contribution in [3.05, 3.63) is 69.3 Å². The van der Waals surface area contributed by atoms with Gasteiger partial charge in [0.1, 0.15) is 0 Å². The molecule has 0 unspecified atom stereocenters. The van der Waals surface area contributed by atoms with Crippen molar-refractivity contribution in [1.82, 2.24) is 19.9 Å². The van der Waals surface area contributed by atoms with Gasteiger partial charge in [0.05, 0.1) is 37.0 Å². The van der Waals surface area contributed by atoms with Gasteiger partial charge in [0.2, 0.25) is 0 Å². The Kier molecular flexibility index (Phi) is 9.63. The largest absolute Gasteiger partial charge is 0.469 e. The minimum atomic E-state index is -0.256. The Morgan fingerprint density at radius 2 is 1.16 bits per heavy atom. The Hall–Kier alpha value is -4.17. The van der Waals surface area contributed by atoms with Gasteiger partial charge in [-0.3, -0.25) is 9.59 Å². The van der Waals surface area contributed by atoms with Gasteiger partial charge in [0.15, 0.2) is 0 Å². The van der Waals surface area contributed by atoms with Crippen LogP contribution >= 0.6 is 11.6 Å². The number of fused-ring (bicyclic) bond motifs is 8. The molecule has 0 saturated heterocycles. The van der Waals surface area contributed by atoms with Crippen LogP contribution in [0.2, 0.25) is 0 Å². The summed E-state index contributed by atoms with van der Waals surface area (Å²) in [6.45, 7) is 10.5. The number of aromatic amines is 2. The first kappa shape index (κ1) is 32.2. The smallest absolute Gasteiger partial charge is 0.305 e. The molecular formula is C36H41ClN4O4. The van der Waals surface area contributed by atoms with Crippen molar-refractivity contribution in [2.45, 2.75) is 73.1 Å². The van der Waals surface area contributed by atoms with E-state index < -0.39 is 0 Å². The molecule has 9 heteroatoms. The molecule has 8 nitrogen and oxygen atoms in total. The van der Waals surface area contributed by atoms with Crippen molar-refractivity contribution < 1.29 is 19.1 Å². The van der Waals surface area contributed by atoms with Crippen molar-refractivity contribution >= 4 is 67.9 Å². The summed E-state index contributed by atoms with van der Waals surface area (Å²) >= 11 is 6.28. The number of hydrogen-bond acceptors (Lipinski definition) is 6. The van der Waals surface area contributed by atoms with Crippen molar-refractivity contribution in [2.24, 2.45) is 0 Å². The molecule has 0 aromatic carbocycles. The molecule has 2 aliphatic heterocycles. The maximum Gasteiger partial charge on any atom is 0.305 e. The predicted molar refractivity (Wildman–Crippen MR) is 182 cm³/mol. The first-order chi connectivity index (χ1) is 21.6. The summed E-state index contributed by atoms with van der Waals surface area (Å²) in [5, 5.41) is 0. The van der Waals surface area contributed by atoms with Crippen molar-refractivity contribution in [3.63, 3.8) is 0 Å². The molecule has 0 spiro atoms. The molecule has 3 aromatic rings. The van der Waals surface area contributed by atoms with Crippen LogP contribution in [0.1, 0.15) is 91.5 Å². The van der Waals surface area contributed by atoms with E-state index in [-0.39, 0.29) is 24.8 Å². The van der Waals surface area contributed by atoms with E-state index in [4.69, 9.17) is 31.0 Å². The number of aromatic nitrogens is 4. The highest BCUT2D eigenvalue weighted by molar-refractivity contribution is 6.18. The van der Waals surface area contributed by atoms with Gasteiger partial charge in [-0.25, -0.2) is 9.97 Å². The van der Waals surface area contributed by atoms with Gasteiger partial charge in [0, 0.05) is 40.8 Å².